The van der Waals surface area contributed by atoms with Gasteiger partial charge in [0.15, 0.2) is 11.9 Å². The molecule has 2 atom stereocenters. The van der Waals surface area contributed by atoms with E-state index in [1.807, 2.05) is 0 Å². The van der Waals surface area contributed by atoms with E-state index in [-0.39, 0.29) is 41.1 Å². The number of aromatic amines is 1. The number of hydrogen-bond acceptors (Lipinski definition) is 8. The SMILES string of the molecule is COC(=O)C(CCCN=C(N)N)(CCCNC(N)N)CNC(=O)C(Cc1c(C(C)(C)C)[nH]c2cc(C(C)(C)C)cc(C(C)(C)C)c12)N=C(N)N. The molecule has 0 aliphatic carbocycles. The number of nitrogens with one attached hydrogen (secondary N) is 3. The standard InChI is InChI=1S/C36H65N11O3/c1-33(2,3)21-17-23(34(4,5)6)26-22(27(35(7,8)9)46-24(26)18-21)19-25(47-32(41)42)28(48)45-20-36(29(49)50-10,13-11-15-43-30(37)38)14-12-16-44-31(39)40/h17-18,25,30,43,46H,11-16,19-20,37-38H2,1-10H3,(H,45,48)(H4,39,40,44)(H4,41,42,47). The molecule has 2 unspecified atom stereocenters. The third-order valence-electron chi connectivity index (χ3n) is 8.97. The second-order valence-corrected chi connectivity index (χ2v) is 16.4. The van der Waals surface area contributed by atoms with Gasteiger partial charge in [0.2, 0.25) is 5.91 Å². The van der Waals surface area contributed by atoms with Crippen LogP contribution in [0.1, 0.15) is 110 Å². The van der Waals surface area contributed by atoms with E-state index in [9.17, 15) is 9.59 Å². The van der Waals surface area contributed by atoms with Crippen LogP contribution in [-0.4, -0.2) is 67.9 Å². The molecule has 2 rings (SSSR count). The number of nitrogens with two attached hydrogens (primary N) is 6. The van der Waals surface area contributed by atoms with Gasteiger partial charge in [0.25, 0.3) is 0 Å². The highest BCUT2D eigenvalue weighted by Gasteiger charge is 2.40. The highest BCUT2D eigenvalue weighted by Crippen LogP contribution is 2.41. The van der Waals surface area contributed by atoms with E-state index in [0.717, 1.165) is 22.2 Å². The second-order valence-electron chi connectivity index (χ2n) is 16.4. The summed E-state index contributed by atoms with van der Waals surface area (Å²) in [4.78, 5) is 39.8. The topological polar surface area (TPSA) is 264 Å². The van der Waals surface area contributed by atoms with E-state index >= 15 is 0 Å². The predicted octanol–water partition coefficient (Wildman–Crippen LogP) is 2.14. The molecule has 0 spiro atoms. The summed E-state index contributed by atoms with van der Waals surface area (Å²) < 4.78 is 5.28. The van der Waals surface area contributed by atoms with Crippen molar-refractivity contribution < 1.29 is 14.3 Å². The molecule has 1 amide bonds. The minimum atomic E-state index is -1.09. The van der Waals surface area contributed by atoms with Crippen molar-refractivity contribution in [2.45, 2.75) is 123 Å². The number of hydrogen-bond donors (Lipinski definition) is 9. The number of esters is 1. The van der Waals surface area contributed by atoms with Gasteiger partial charge < -0.3 is 49.4 Å². The highest BCUT2D eigenvalue weighted by molar-refractivity contribution is 5.92. The van der Waals surface area contributed by atoms with Gasteiger partial charge >= 0.3 is 5.97 Å². The fraction of sp³-hybridized carbons (Fsp3) is 0.667. The molecule has 0 saturated carbocycles. The zero-order valence-electron chi connectivity index (χ0n) is 32.0. The molecule has 14 heteroatoms. The number of aliphatic imine (C=N–C) groups is 2. The number of aromatic nitrogens is 1. The molecule has 1 heterocycles. The molecule has 0 aliphatic rings. The average molecular weight is 700 g/mol. The summed E-state index contributed by atoms with van der Waals surface area (Å²) in [5.74, 6) is -1.14. The van der Waals surface area contributed by atoms with Crippen molar-refractivity contribution in [2.75, 3.05) is 26.7 Å². The molecule has 0 aliphatic heterocycles. The van der Waals surface area contributed by atoms with Crippen molar-refractivity contribution >= 4 is 34.7 Å². The number of carbonyl (C=O) groups excluding carboxylic acids is 2. The van der Waals surface area contributed by atoms with E-state index in [4.69, 9.17) is 39.1 Å². The zero-order valence-corrected chi connectivity index (χ0v) is 32.0. The van der Waals surface area contributed by atoms with E-state index in [1.165, 1.54) is 18.2 Å². The van der Waals surface area contributed by atoms with Gasteiger partial charge in [-0.25, -0.2) is 4.99 Å². The van der Waals surface area contributed by atoms with Crippen molar-refractivity contribution in [3.63, 3.8) is 0 Å². The molecule has 0 fully saturated rings. The molecule has 2 aromatic rings. The second kappa shape index (κ2) is 16.9. The third-order valence-corrected chi connectivity index (χ3v) is 8.97. The van der Waals surface area contributed by atoms with E-state index in [1.54, 1.807) is 0 Å². The van der Waals surface area contributed by atoms with Crippen LogP contribution in [0.5, 0.6) is 0 Å². The maximum atomic E-state index is 14.2. The lowest BCUT2D eigenvalue weighted by Gasteiger charge is -2.32. The first-order valence-corrected chi connectivity index (χ1v) is 17.4. The monoisotopic (exact) mass is 700 g/mol. The summed E-state index contributed by atoms with van der Waals surface area (Å²) >= 11 is 0. The van der Waals surface area contributed by atoms with Crippen molar-refractivity contribution in [3.8, 4) is 0 Å². The molecule has 0 bridgehead atoms. The van der Waals surface area contributed by atoms with Crippen LogP contribution < -0.4 is 45.0 Å². The number of rotatable bonds is 16. The number of benzene rings is 1. The normalized spacial score (nSPS) is 14.3. The molecule has 282 valence electrons. The Hall–Kier alpha value is -3.88. The van der Waals surface area contributed by atoms with E-state index in [2.05, 4.69) is 100 Å². The molecule has 1 aromatic carbocycles. The van der Waals surface area contributed by atoms with Gasteiger partial charge in [0.05, 0.1) is 12.5 Å². The van der Waals surface area contributed by atoms with Gasteiger partial charge in [-0.3, -0.25) is 19.9 Å². The lowest BCUT2D eigenvalue weighted by atomic mass is 9.77. The number of fused-ring (bicyclic) bond motifs is 1. The van der Waals surface area contributed by atoms with Crippen molar-refractivity contribution in [1.82, 2.24) is 15.6 Å². The first-order chi connectivity index (χ1) is 22.9. The Morgan fingerprint density at radius 2 is 1.50 bits per heavy atom. The summed E-state index contributed by atoms with van der Waals surface area (Å²) in [5, 5.41) is 7.03. The fourth-order valence-corrected chi connectivity index (χ4v) is 6.33. The lowest BCUT2D eigenvalue weighted by molar-refractivity contribution is -0.154. The number of guanidine groups is 2. The van der Waals surface area contributed by atoms with Gasteiger partial charge in [0, 0.05) is 41.5 Å². The first-order valence-electron chi connectivity index (χ1n) is 17.4. The quantitative estimate of drug-likeness (QED) is 0.0405. The Kier molecular flexibility index (Phi) is 14.3. The highest BCUT2D eigenvalue weighted by atomic mass is 16.5. The Morgan fingerprint density at radius 3 is 2.00 bits per heavy atom. The van der Waals surface area contributed by atoms with Crippen LogP contribution in [-0.2, 0) is 37.0 Å². The number of methoxy groups -OCH3 is 1. The van der Waals surface area contributed by atoms with Crippen LogP contribution in [0.3, 0.4) is 0 Å². The van der Waals surface area contributed by atoms with Gasteiger partial charge in [-0.15, -0.1) is 0 Å². The van der Waals surface area contributed by atoms with Crippen LogP contribution in [0.25, 0.3) is 10.9 Å². The number of H-pyrrole nitrogens is 1. The molecule has 1 aromatic heterocycles. The zero-order chi connectivity index (χ0) is 38.2. The van der Waals surface area contributed by atoms with Crippen molar-refractivity contribution in [1.29, 1.82) is 0 Å². The fourth-order valence-electron chi connectivity index (χ4n) is 6.33. The smallest absolute Gasteiger partial charge is 0.313 e. The maximum Gasteiger partial charge on any atom is 0.313 e. The number of carbonyl (C=O) groups is 2. The van der Waals surface area contributed by atoms with Crippen LogP contribution >= 0.6 is 0 Å². The average Bonchev–Trinajstić information content (AvgIpc) is 3.36. The lowest BCUT2D eigenvalue weighted by Crippen LogP contribution is -2.48. The molecule has 15 N–H and O–H groups in total. The van der Waals surface area contributed by atoms with Crippen molar-refractivity contribution in [2.24, 2.45) is 49.8 Å². The van der Waals surface area contributed by atoms with E-state index in [0.29, 0.717) is 38.8 Å². The van der Waals surface area contributed by atoms with Crippen LogP contribution in [0.2, 0.25) is 0 Å². The third kappa shape index (κ3) is 11.6. The van der Waals surface area contributed by atoms with Gasteiger partial charge in [-0.05, 0) is 65.8 Å². The minimum absolute atomic E-state index is 0.0201. The Bertz CT molecular complexity index is 1520. The molecule has 14 nitrogen and oxygen atoms in total. The summed E-state index contributed by atoms with van der Waals surface area (Å²) in [5.41, 5.74) is 37.9. The van der Waals surface area contributed by atoms with Gasteiger partial charge in [-0.2, -0.15) is 0 Å². The molecule has 0 saturated heterocycles. The maximum absolute atomic E-state index is 14.2. The molecule has 50 heavy (non-hydrogen) atoms. The summed E-state index contributed by atoms with van der Waals surface area (Å²) in [7, 11) is 1.33. The summed E-state index contributed by atoms with van der Waals surface area (Å²) in [6, 6.07) is 3.50. The number of ether oxygens (including phenoxy) is 1. The minimum Gasteiger partial charge on any atom is -0.469 e. The Balaban J connectivity index is 2.64. The van der Waals surface area contributed by atoms with Crippen LogP contribution in [0.4, 0.5) is 0 Å². The summed E-state index contributed by atoms with van der Waals surface area (Å²) in [6.45, 7) is 20.3. The Labute approximate surface area is 298 Å². The molecular weight excluding hydrogens is 634 g/mol. The van der Waals surface area contributed by atoms with Crippen LogP contribution in [0.15, 0.2) is 22.1 Å². The van der Waals surface area contributed by atoms with Gasteiger partial charge in [-0.1, -0.05) is 68.4 Å². The first kappa shape index (κ1) is 42.3. The van der Waals surface area contributed by atoms with Crippen LogP contribution in [0, 0.1) is 5.41 Å². The number of amides is 1. The summed E-state index contributed by atoms with van der Waals surface area (Å²) in [6.07, 6.45) is 1.25. The Morgan fingerprint density at radius 1 is 0.880 bits per heavy atom. The van der Waals surface area contributed by atoms with Gasteiger partial charge in [0.1, 0.15) is 12.3 Å². The van der Waals surface area contributed by atoms with E-state index < -0.39 is 29.6 Å². The molecule has 0 radical (unpaired) electrons. The largest absolute Gasteiger partial charge is 0.469 e. The van der Waals surface area contributed by atoms with Crippen molar-refractivity contribution in [3.05, 3.63) is 34.5 Å². The number of nitrogens with zero attached hydrogens (tertiary/aromatic N) is 2. The molecular formula is C36H65N11O3. The predicted molar refractivity (Wildman–Crippen MR) is 204 cm³/mol.